The van der Waals surface area contributed by atoms with E-state index in [-0.39, 0.29) is 17.0 Å². The summed E-state index contributed by atoms with van der Waals surface area (Å²) in [6.07, 6.45) is 1.33. The second kappa shape index (κ2) is 5.60. The Morgan fingerprint density at radius 3 is 2.65 bits per heavy atom. The van der Waals surface area contributed by atoms with Crippen molar-refractivity contribution < 1.29 is 12.8 Å². The van der Waals surface area contributed by atoms with Gasteiger partial charge in [0.25, 0.3) is 5.56 Å². The first kappa shape index (κ1) is 15.4. The number of fused-ring (bicyclic) bond motifs is 1. The summed E-state index contributed by atoms with van der Waals surface area (Å²) in [7, 11) is -3.81. The Morgan fingerprint density at radius 2 is 2.00 bits per heavy atom. The normalized spacial score (nSPS) is 11.9. The number of benzene rings is 1. The molecule has 0 aliphatic carbocycles. The van der Waals surface area contributed by atoms with Crippen molar-refractivity contribution in [2.45, 2.75) is 18.4 Å². The van der Waals surface area contributed by atoms with Gasteiger partial charge in [-0.1, -0.05) is 12.1 Å². The van der Waals surface area contributed by atoms with Crippen molar-refractivity contribution in [1.82, 2.24) is 19.3 Å². The number of rotatable bonds is 4. The Morgan fingerprint density at radius 1 is 1.30 bits per heavy atom. The number of H-pyrrole nitrogens is 1. The number of nitrogens with one attached hydrogen (secondary N) is 2. The summed E-state index contributed by atoms with van der Waals surface area (Å²) in [6.45, 7) is 1.66. The molecule has 0 aliphatic heterocycles. The Balaban J connectivity index is 1.90. The molecule has 2 aromatic heterocycles. The van der Waals surface area contributed by atoms with Crippen molar-refractivity contribution in [3.05, 3.63) is 64.1 Å². The average Bonchev–Trinajstić information content (AvgIpc) is 2.98. The maximum Gasteiger partial charge on any atom is 0.288 e. The summed E-state index contributed by atoms with van der Waals surface area (Å²) in [6, 6.07) is 6.77. The highest BCUT2D eigenvalue weighted by atomic mass is 32.2. The predicted molar refractivity (Wildman–Crippen MR) is 81.0 cm³/mol. The van der Waals surface area contributed by atoms with Crippen LogP contribution in [0.3, 0.4) is 0 Å². The number of hydrogen-bond acceptors (Lipinski definition) is 4. The third-order valence-electron chi connectivity index (χ3n) is 3.39. The Kier molecular flexibility index (Phi) is 3.74. The third-order valence-corrected chi connectivity index (χ3v) is 4.75. The molecule has 0 spiro atoms. The number of hydrogen-bond donors (Lipinski definition) is 2. The van der Waals surface area contributed by atoms with E-state index >= 15 is 0 Å². The van der Waals surface area contributed by atoms with E-state index in [0.717, 1.165) is 0 Å². The van der Waals surface area contributed by atoms with Crippen LogP contribution in [0.5, 0.6) is 0 Å². The van der Waals surface area contributed by atoms with E-state index in [0.29, 0.717) is 11.4 Å². The highest BCUT2D eigenvalue weighted by Gasteiger charge is 2.18. The molecule has 23 heavy (non-hydrogen) atoms. The topological polar surface area (TPSA) is 96.3 Å². The van der Waals surface area contributed by atoms with Crippen LogP contribution in [0.2, 0.25) is 0 Å². The average molecular weight is 336 g/mol. The number of sulfonamides is 1. The van der Waals surface area contributed by atoms with Crippen molar-refractivity contribution in [2.24, 2.45) is 0 Å². The lowest BCUT2D eigenvalue weighted by molar-refractivity contribution is 0.581. The number of aromatic amines is 1. The SMILES string of the molecule is Cc1n[nH]c(=O)c2cc(S(=O)(=O)NCc3ccc(F)cc3)cn12. The lowest BCUT2D eigenvalue weighted by Crippen LogP contribution is -2.22. The van der Waals surface area contributed by atoms with Crippen molar-refractivity contribution in [1.29, 1.82) is 0 Å². The van der Waals surface area contributed by atoms with Gasteiger partial charge in [-0.2, -0.15) is 5.10 Å². The van der Waals surface area contributed by atoms with Crippen LogP contribution < -0.4 is 10.3 Å². The molecule has 3 rings (SSSR count). The van der Waals surface area contributed by atoms with Crippen LogP contribution in [0.15, 0.2) is 46.2 Å². The molecule has 0 amide bonds. The second-order valence-electron chi connectivity index (χ2n) is 4.98. The fourth-order valence-electron chi connectivity index (χ4n) is 2.13. The zero-order chi connectivity index (χ0) is 16.6. The Labute approximate surface area is 130 Å². The molecule has 9 heteroatoms. The van der Waals surface area contributed by atoms with Gasteiger partial charge in [-0.25, -0.2) is 22.6 Å². The molecule has 0 atom stereocenters. The fraction of sp³-hybridized carbons (Fsp3) is 0.143. The summed E-state index contributed by atoms with van der Waals surface area (Å²) >= 11 is 0. The maximum absolute atomic E-state index is 12.8. The summed E-state index contributed by atoms with van der Waals surface area (Å²) in [5.74, 6) is 0.0667. The summed E-state index contributed by atoms with van der Waals surface area (Å²) in [4.78, 5) is 11.7. The molecular weight excluding hydrogens is 323 g/mol. The third kappa shape index (κ3) is 3.01. The zero-order valence-corrected chi connectivity index (χ0v) is 12.9. The van der Waals surface area contributed by atoms with Gasteiger partial charge in [0.05, 0.1) is 0 Å². The quantitative estimate of drug-likeness (QED) is 0.741. The van der Waals surface area contributed by atoms with Gasteiger partial charge in [-0.3, -0.25) is 9.20 Å². The van der Waals surface area contributed by atoms with E-state index in [4.69, 9.17) is 0 Å². The van der Waals surface area contributed by atoms with Crippen LogP contribution in [0.4, 0.5) is 4.39 Å². The molecule has 0 unspecified atom stereocenters. The first-order valence-electron chi connectivity index (χ1n) is 6.68. The Bertz CT molecular complexity index is 1020. The van der Waals surface area contributed by atoms with Gasteiger partial charge >= 0.3 is 0 Å². The van der Waals surface area contributed by atoms with E-state index in [1.165, 1.54) is 40.9 Å². The summed E-state index contributed by atoms with van der Waals surface area (Å²) in [5, 5.41) is 6.07. The van der Waals surface area contributed by atoms with Gasteiger partial charge in [0.2, 0.25) is 10.0 Å². The van der Waals surface area contributed by atoms with Crippen LogP contribution in [0.25, 0.3) is 5.52 Å². The molecule has 0 fully saturated rings. The van der Waals surface area contributed by atoms with Gasteiger partial charge in [-0.05, 0) is 30.7 Å². The molecule has 0 radical (unpaired) electrons. The largest absolute Gasteiger partial charge is 0.298 e. The molecule has 0 aliphatic rings. The van der Waals surface area contributed by atoms with E-state index in [2.05, 4.69) is 14.9 Å². The van der Waals surface area contributed by atoms with Crippen LogP contribution >= 0.6 is 0 Å². The van der Waals surface area contributed by atoms with Crippen LogP contribution in [-0.2, 0) is 16.6 Å². The van der Waals surface area contributed by atoms with Gasteiger partial charge < -0.3 is 0 Å². The number of halogens is 1. The molecule has 3 aromatic rings. The maximum atomic E-state index is 12.8. The van der Waals surface area contributed by atoms with Gasteiger partial charge in [0, 0.05) is 12.7 Å². The minimum absolute atomic E-state index is 0.0163. The molecule has 120 valence electrons. The van der Waals surface area contributed by atoms with E-state index in [1.54, 1.807) is 6.92 Å². The summed E-state index contributed by atoms with van der Waals surface area (Å²) < 4.78 is 41.3. The molecule has 0 saturated carbocycles. The highest BCUT2D eigenvalue weighted by Crippen LogP contribution is 2.14. The summed E-state index contributed by atoms with van der Waals surface area (Å²) in [5.41, 5.74) is 0.338. The molecule has 0 bridgehead atoms. The number of aryl methyl sites for hydroxylation is 1. The minimum atomic E-state index is -3.81. The lowest BCUT2D eigenvalue weighted by atomic mass is 10.2. The molecule has 2 heterocycles. The van der Waals surface area contributed by atoms with E-state index in [9.17, 15) is 17.6 Å². The minimum Gasteiger partial charge on any atom is -0.298 e. The van der Waals surface area contributed by atoms with Gasteiger partial charge in [-0.15, -0.1) is 0 Å². The Hall–Kier alpha value is -2.52. The smallest absolute Gasteiger partial charge is 0.288 e. The van der Waals surface area contributed by atoms with Crippen molar-refractivity contribution in [3.8, 4) is 0 Å². The fourth-order valence-corrected chi connectivity index (χ4v) is 3.17. The van der Waals surface area contributed by atoms with Crippen LogP contribution in [0.1, 0.15) is 11.4 Å². The molecule has 1 aromatic carbocycles. The van der Waals surface area contributed by atoms with Crippen molar-refractivity contribution in [3.63, 3.8) is 0 Å². The standard InChI is InChI=1S/C14H13FN4O3S/c1-9-17-18-14(20)13-6-12(8-19(9)13)23(21,22)16-7-10-2-4-11(15)5-3-10/h2-6,8,16H,7H2,1H3,(H,18,20). The zero-order valence-electron chi connectivity index (χ0n) is 12.1. The second-order valence-corrected chi connectivity index (χ2v) is 6.75. The molecular formula is C14H13FN4O3S. The molecule has 0 saturated heterocycles. The number of nitrogens with zero attached hydrogens (tertiary/aromatic N) is 2. The van der Waals surface area contributed by atoms with Gasteiger partial charge in [0.15, 0.2) is 0 Å². The molecule has 7 nitrogen and oxygen atoms in total. The number of aromatic nitrogens is 3. The first-order chi connectivity index (χ1) is 10.9. The van der Waals surface area contributed by atoms with E-state index in [1.807, 2.05) is 0 Å². The van der Waals surface area contributed by atoms with E-state index < -0.39 is 21.4 Å². The van der Waals surface area contributed by atoms with Gasteiger partial charge in [0.1, 0.15) is 22.1 Å². The van der Waals surface area contributed by atoms with Crippen molar-refractivity contribution in [2.75, 3.05) is 0 Å². The predicted octanol–water partition coefficient (Wildman–Crippen LogP) is 0.949. The first-order valence-corrected chi connectivity index (χ1v) is 8.16. The monoisotopic (exact) mass is 336 g/mol. The van der Waals surface area contributed by atoms with Crippen LogP contribution in [0, 0.1) is 12.7 Å². The lowest BCUT2D eigenvalue weighted by Gasteiger charge is -2.05. The van der Waals surface area contributed by atoms with Crippen LogP contribution in [-0.4, -0.2) is 23.0 Å². The van der Waals surface area contributed by atoms with Crippen molar-refractivity contribution >= 4 is 15.5 Å². The molecule has 2 N–H and O–H groups in total. The highest BCUT2D eigenvalue weighted by molar-refractivity contribution is 7.89.